The third kappa shape index (κ3) is 2.43. The summed E-state index contributed by atoms with van der Waals surface area (Å²) in [5, 5.41) is 7.72. The number of thioether (sulfide) groups is 1. The molecule has 2 atom stereocenters. The lowest BCUT2D eigenvalue weighted by molar-refractivity contribution is -0.130. The molecule has 2 heterocycles. The minimum atomic E-state index is -0.0115. The van der Waals surface area contributed by atoms with Crippen LogP contribution in [0.25, 0.3) is 0 Å². The van der Waals surface area contributed by atoms with E-state index in [4.69, 9.17) is 0 Å². The van der Waals surface area contributed by atoms with Gasteiger partial charge in [-0.3, -0.25) is 10.1 Å². The Morgan fingerprint density at radius 2 is 2.37 bits per heavy atom. The summed E-state index contributed by atoms with van der Waals surface area (Å²) in [5.74, 6) is 0.277. The number of rotatable bonds is 5. The lowest BCUT2D eigenvalue weighted by Crippen LogP contribution is -2.37. The van der Waals surface area contributed by atoms with E-state index in [0.717, 1.165) is 13.0 Å². The maximum absolute atomic E-state index is 12.5. The van der Waals surface area contributed by atoms with E-state index in [2.05, 4.69) is 40.2 Å². The first kappa shape index (κ1) is 13.5. The number of nitrogens with one attached hydrogen (secondary N) is 1. The molecule has 5 heteroatoms. The van der Waals surface area contributed by atoms with Crippen molar-refractivity contribution in [2.75, 3.05) is 12.8 Å². The highest BCUT2D eigenvalue weighted by Crippen LogP contribution is 2.49. The topological polar surface area (TPSA) is 32.3 Å². The molecule has 0 aromatic carbocycles. The highest BCUT2D eigenvalue weighted by Gasteiger charge is 2.48. The predicted molar refractivity (Wildman–Crippen MR) is 81.5 cm³/mol. The molecule has 1 aromatic heterocycles. The van der Waals surface area contributed by atoms with Crippen molar-refractivity contribution >= 4 is 29.0 Å². The Hall–Kier alpha value is -0.520. The molecule has 0 spiro atoms. The summed E-state index contributed by atoms with van der Waals surface area (Å²) in [4.78, 5) is 14.6. The highest BCUT2D eigenvalue weighted by molar-refractivity contribution is 8.00. The number of hydrogen-bond acceptors (Lipinski definition) is 4. The van der Waals surface area contributed by atoms with Gasteiger partial charge in [0.05, 0.1) is 6.04 Å². The van der Waals surface area contributed by atoms with E-state index in [1.165, 1.54) is 18.4 Å². The molecule has 104 valence electrons. The Kier molecular flexibility index (Phi) is 3.62. The Bertz CT molecular complexity index is 456. The van der Waals surface area contributed by atoms with Crippen molar-refractivity contribution in [3.63, 3.8) is 0 Å². The SMILES string of the molecule is CCC1NC(c2ccsc2)N(CC2(SC)CC2)C1=O. The molecule has 1 aliphatic carbocycles. The van der Waals surface area contributed by atoms with Crippen molar-refractivity contribution in [1.29, 1.82) is 0 Å². The van der Waals surface area contributed by atoms with Crippen molar-refractivity contribution < 1.29 is 4.79 Å². The quantitative estimate of drug-likeness (QED) is 0.907. The van der Waals surface area contributed by atoms with E-state index in [0.29, 0.717) is 4.75 Å². The van der Waals surface area contributed by atoms with Gasteiger partial charge in [0.25, 0.3) is 0 Å². The summed E-state index contributed by atoms with van der Waals surface area (Å²) in [6.45, 7) is 2.96. The predicted octanol–water partition coefficient (Wildman–Crippen LogP) is 2.85. The van der Waals surface area contributed by atoms with Gasteiger partial charge in [-0.1, -0.05) is 6.92 Å². The molecule has 2 fully saturated rings. The van der Waals surface area contributed by atoms with Crippen LogP contribution in [0.4, 0.5) is 0 Å². The summed E-state index contributed by atoms with van der Waals surface area (Å²) < 4.78 is 0.328. The first-order valence-corrected chi connectivity index (χ1v) is 8.99. The fourth-order valence-electron chi connectivity index (χ4n) is 2.72. The van der Waals surface area contributed by atoms with Gasteiger partial charge < -0.3 is 4.90 Å². The highest BCUT2D eigenvalue weighted by atomic mass is 32.2. The molecule has 19 heavy (non-hydrogen) atoms. The average Bonchev–Trinajstić information content (AvgIpc) is 2.85. The Balaban J connectivity index is 1.82. The van der Waals surface area contributed by atoms with Crippen molar-refractivity contribution in [2.45, 2.75) is 43.1 Å². The lowest BCUT2D eigenvalue weighted by Gasteiger charge is -2.27. The van der Waals surface area contributed by atoms with Crippen LogP contribution in [-0.2, 0) is 4.79 Å². The second-order valence-corrected chi connectivity index (χ2v) is 7.49. The zero-order valence-electron chi connectivity index (χ0n) is 11.4. The molecular weight excluding hydrogens is 276 g/mol. The van der Waals surface area contributed by atoms with E-state index in [-0.39, 0.29) is 18.1 Å². The van der Waals surface area contributed by atoms with Crippen LogP contribution in [0.15, 0.2) is 16.8 Å². The van der Waals surface area contributed by atoms with Gasteiger partial charge >= 0.3 is 0 Å². The van der Waals surface area contributed by atoms with Gasteiger partial charge in [0.2, 0.25) is 5.91 Å². The molecule has 0 radical (unpaired) electrons. The van der Waals surface area contributed by atoms with Gasteiger partial charge in [-0.15, -0.1) is 0 Å². The molecule has 1 saturated heterocycles. The Morgan fingerprint density at radius 1 is 1.58 bits per heavy atom. The summed E-state index contributed by atoms with van der Waals surface area (Å²) in [7, 11) is 0. The molecule has 3 nitrogen and oxygen atoms in total. The van der Waals surface area contributed by atoms with Gasteiger partial charge in [0.1, 0.15) is 6.17 Å². The smallest absolute Gasteiger partial charge is 0.241 e. The number of hydrogen-bond donors (Lipinski definition) is 1. The molecule has 1 N–H and O–H groups in total. The maximum Gasteiger partial charge on any atom is 0.241 e. The summed E-state index contributed by atoms with van der Waals surface area (Å²) in [6, 6.07) is 2.11. The number of amides is 1. The minimum Gasteiger partial charge on any atom is -0.320 e. The number of nitrogens with zero attached hydrogens (tertiary/aromatic N) is 1. The van der Waals surface area contributed by atoms with E-state index in [1.54, 1.807) is 11.3 Å². The molecular formula is C14H20N2OS2. The van der Waals surface area contributed by atoms with Crippen molar-refractivity contribution in [3.8, 4) is 0 Å². The molecule has 2 aliphatic rings. The zero-order valence-corrected chi connectivity index (χ0v) is 13.0. The summed E-state index contributed by atoms with van der Waals surface area (Å²) in [6.07, 6.45) is 5.59. The van der Waals surface area contributed by atoms with Crippen molar-refractivity contribution in [1.82, 2.24) is 10.2 Å². The number of thiophene rings is 1. The van der Waals surface area contributed by atoms with Gasteiger partial charge in [-0.2, -0.15) is 23.1 Å². The average molecular weight is 296 g/mol. The Morgan fingerprint density at radius 3 is 2.89 bits per heavy atom. The van der Waals surface area contributed by atoms with Gasteiger partial charge in [-0.25, -0.2) is 0 Å². The van der Waals surface area contributed by atoms with Crippen LogP contribution in [0.3, 0.4) is 0 Å². The number of carbonyl (C=O) groups excluding carboxylic acids is 1. The third-order valence-electron chi connectivity index (χ3n) is 4.22. The molecule has 1 aliphatic heterocycles. The van der Waals surface area contributed by atoms with Crippen LogP contribution >= 0.6 is 23.1 Å². The normalized spacial score (nSPS) is 28.9. The van der Waals surface area contributed by atoms with Crippen LogP contribution < -0.4 is 5.32 Å². The van der Waals surface area contributed by atoms with E-state index < -0.39 is 0 Å². The van der Waals surface area contributed by atoms with Crippen LogP contribution in [0, 0.1) is 0 Å². The molecule has 1 aromatic rings. The summed E-state index contributed by atoms with van der Waals surface area (Å²) in [5.41, 5.74) is 1.23. The molecule has 3 rings (SSSR count). The van der Waals surface area contributed by atoms with E-state index in [1.807, 2.05) is 11.8 Å². The fraction of sp³-hybridized carbons (Fsp3) is 0.643. The Labute approximate surface area is 122 Å². The van der Waals surface area contributed by atoms with Crippen LogP contribution in [0.5, 0.6) is 0 Å². The fourth-order valence-corrected chi connectivity index (χ4v) is 4.18. The summed E-state index contributed by atoms with van der Waals surface area (Å²) >= 11 is 3.61. The van der Waals surface area contributed by atoms with E-state index in [9.17, 15) is 4.79 Å². The molecule has 0 bridgehead atoms. The van der Waals surface area contributed by atoms with Gasteiger partial charge in [-0.05, 0) is 47.9 Å². The van der Waals surface area contributed by atoms with Crippen LogP contribution in [0.2, 0.25) is 0 Å². The third-order valence-corrected chi connectivity index (χ3v) is 6.32. The van der Waals surface area contributed by atoms with Crippen molar-refractivity contribution in [3.05, 3.63) is 22.4 Å². The van der Waals surface area contributed by atoms with Gasteiger partial charge in [0.15, 0.2) is 0 Å². The maximum atomic E-state index is 12.5. The second-order valence-electron chi connectivity index (χ2n) is 5.44. The zero-order chi connectivity index (χ0) is 13.5. The van der Waals surface area contributed by atoms with Crippen LogP contribution in [-0.4, -0.2) is 34.4 Å². The van der Waals surface area contributed by atoms with Crippen LogP contribution in [0.1, 0.15) is 37.9 Å². The molecule has 2 unspecified atom stereocenters. The first-order valence-electron chi connectivity index (χ1n) is 6.83. The van der Waals surface area contributed by atoms with Crippen molar-refractivity contribution in [2.24, 2.45) is 0 Å². The number of carbonyl (C=O) groups is 1. The molecule has 1 saturated carbocycles. The monoisotopic (exact) mass is 296 g/mol. The van der Waals surface area contributed by atoms with Gasteiger partial charge in [0, 0.05) is 11.3 Å². The minimum absolute atomic E-state index is 0.0115. The second kappa shape index (κ2) is 5.11. The first-order chi connectivity index (χ1) is 9.19. The largest absolute Gasteiger partial charge is 0.320 e. The standard InChI is InChI=1S/C14H20N2OS2/c1-3-11-13(17)16(9-14(18-2)5-6-14)12(15-11)10-4-7-19-8-10/h4,7-8,11-12,15H,3,5-6,9H2,1-2H3. The lowest BCUT2D eigenvalue weighted by atomic mass is 10.2. The van der Waals surface area contributed by atoms with E-state index >= 15 is 0 Å². The molecule has 1 amide bonds.